The van der Waals surface area contributed by atoms with Crippen molar-refractivity contribution >= 4 is 29.1 Å². The van der Waals surface area contributed by atoms with Crippen molar-refractivity contribution in [1.29, 1.82) is 0 Å². The van der Waals surface area contributed by atoms with E-state index in [-0.39, 0.29) is 21.9 Å². The predicted molar refractivity (Wildman–Crippen MR) is 129 cm³/mol. The van der Waals surface area contributed by atoms with Crippen LogP contribution in [0.3, 0.4) is 0 Å². The number of methoxy groups -OCH3 is 1. The Bertz CT molecular complexity index is 1110. The van der Waals surface area contributed by atoms with Gasteiger partial charge in [0, 0.05) is 11.6 Å². The molecule has 1 aliphatic rings. The van der Waals surface area contributed by atoms with E-state index >= 15 is 0 Å². The van der Waals surface area contributed by atoms with Crippen LogP contribution < -0.4 is 9.47 Å². The number of benzene rings is 2. The highest BCUT2D eigenvalue weighted by Crippen LogP contribution is 2.43. The number of nitrogens with zero attached hydrogens (tertiary/aromatic N) is 2. The maximum absolute atomic E-state index is 13.1. The Kier molecular flexibility index (Phi) is 8.06. The standard InChI is InChI=1S/C25H29ClN2O6/c1-5-34-19-10-7-15(13-20(19)33-4)22-21(23(30)17-14-16(26)8-9-18(17)29)24(31)25(32)28(22)12-6-11-27(2)3/h7-10,13-14,22,29-30H,5-6,11-12H2,1-4H3/b23-21+. The number of carbonyl (C=O) groups excluding carboxylic acids is 2. The maximum atomic E-state index is 13.1. The van der Waals surface area contributed by atoms with Crippen molar-refractivity contribution in [1.82, 2.24) is 9.80 Å². The third-order valence-electron chi connectivity index (χ3n) is 5.56. The van der Waals surface area contributed by atoms with Crippen molar-refractivity contribution in [3.05, 3.63) is 58.1 Å². The fraction of sp³-hybridized carbons (Fsp3) is 0.360. The van der Waals surface area contributed by atoms with Crippen LogP contribution in [0.5, 0.6) is 17.2 Å². The van der Waals surface area contributed by atoms with Gasteiger partial charge in [0.1, 0.15) is 11.5 Å². The largest absolute Gasteiger partial charge is 0.507 e. The molecule has 8 nitrogen and oxygen atoms in total. The molecule has 0 radical (unpaired) electrons. The minimum Gasteiger partial charge on any atom is -0.507 e. The lowest BCUT2D eigenvalue weighted by Gasteiger charge is -2.26. The van der Waals surface area contributed by atoms with Crippen LogP contribution in [0, 0.1) is 0 Å². The van der Waals surface area contributed by atoms with Gasteiger partial charge in [0.15, 0.2) is 11.5 Å². The summed E-state index contributed by atoms with van der Waals surface area (Å²) in [6, 6.07) is 8.36. The second-order valence-corrected chi connectivity index (χ2v) is 8.59. The molecule has 1 unspecified atom stereocenters. The van der Waals surface area contributed by atoms with Gasteiger partial charge in [0.25, 0.3) is 11.7 Å². The molecule has 3 rings (SSSR count). The molecule has 2 aromatic rings. The zero-order chi connectivity index (χ0) is 25.0. The highest BCUT2D eigenvalue weighted by molar-refractivity contribution is 6.46. The number of ketones is 1. The number of Topliss-reactive ketones (excluding diaryl/α,β-unsaturated/α-hetero) is 1. The van der Waals surface area contributed by atoms with E-state index in [2.05, 4.69) is 0 Å². The lowest BCUT2D eigenvalue weighted by molar-refractivity contribution is -0.139. The lowest BCUT2D eigenvalue weighted by atomic mass is 9.94. The number of carbonyl (C=O) groups is 2. The monoisotopic (exact) mass is 488 g/mol. The Hall–Kier alpha value is -3.23. The van der Waals surface area contributed by atoms with Gasteiger partial charge >= 0.3 is 0 Å². The third kappa shape index (κ3) is 5.13. The first-order valence-corrected chi connectivity index (χ1v) is 11.3. The van der Waals surface area contributed by atoms with Crippen LogP contribution in [-0.4, -0.2) is 72.6 Å². The van der Waals surface area contributed by atoms with Crippen LogP contribution in [0.1, 0.15) is 30.5 Å². The summed E-state index contributed by atoms with van der Waals surface area (Å²) in [6.07, 6.45) is 0.618. The summed E-state index contributed by atoms with van der Waals surface area (Å²) in [4.78, 5) is 29.6. The summed E-state index contributed by atoms with van der Waals surface area (Å²) in [5.74, 6) is -1.36. The van der Waals surface area contributed by atoms with Crippen LogP contribution >= 0.6 is 11.6 Å². The van der Waals surface area contributed by atoms with Crippen molar-refractivity contribution in [3.8, 4) is 17.2 Å². The van der Waals surface area contributed by atoms with Crippen molar-refractivity contribution in [2.24, 2.45) is 0 Å². The molecule has 1 heterocycles. The molecule has 2 N–H and O–H groups in total. The summed E-state index contributed by atoms with van der Waals surface area (Å²) >= 11 is 6.06. The summed E-state index contributed by atoms with van der Waals surface area (Å²) in [7, 11) is 5.34. The zero-order valence-electron chi connectivity index (χ0n) is 19.7. The van der Waals surface area contributed by atoms with Crippen molar-refractivity contribution in [3.63, 3.8) is 0 Å². The minimum atomic E-state index is -0.884. The maximum Gasteiger partial charge on any atom is 0.295 e. The van der Waals surface area contributed by atoms with Crippen LogP contribution in [-0.2, 0) is 9.59 Å². The first-order chi connectivity index (χ1) is 16.2. The number of rotatable bonds is 9. The molecule has 1 atom stereocenters. The molecule has 0 aliphatic carbocycles. The van der Waals surface area contributed by atoms with Gasteiger partial charge in [-0.25, -0.2) is 0 Å². The van der Waals surface area contributed by atoms with Crippen LogP contribution in [0.2, 0.25) is 5.02 Å². The summed E-state index contributed by atoms with van der Waals surface area (Å²) in [6.45, 7) is 3.29. The summed E-state index contributed by atoms with van der Waals surface area (Å²) in [5, 5.41) is 21.7. The van der Waals surface area contributed by atoms with Gasteiger partial charge < -0.3 is 29.5 Å². The van der Waals surface area contributed by atoms with Gasteiger partial charge in [-0.3, -0.25) is 9.59 Å². The van der Waals surface area contributed by atoms with Gasteiger partial charge in [-0.1, -0.05) is 17.7 Å². The Morgan fingerprint density at radius 3 is 2.53 bits per heavy atom. The normalized spacial score (nSPS) is 17.5. The number of amides is 1. The molecule has 1 aliphatic heterocycles. The number of likely N-dealkylation sites (tertiary alicyclic amines) is 1. The predicted octanol–water partition coefficient (Wildman–Crippen LogP) is 3.83. The SMILES string of the molecule is CCOc1ccc(C2/C(=C(\O)c3cc(Cl)ccc3O)C(=O)C(=O)N2CCCN(C)C)cc1OC. The molecule has 0 aromatic heterocycles. The van der Waals surface area contributed by atoms with Crippen molar-refractivity contribution in [2.45, 2.75) is 19.4 Å². The topological polar surface area (TPSA) is 99.5 Å². The first-order valence-electron chi connectivity index (χ1n) is 10.9. The number of halogens is 1. The summed E-state index contributed by atoms with van der Waals surface area (Å²) in [5.41, 5.74) is 0.410. The van der Waals surface area contributed by atoms with E-state index in [0.29, 0.717) is 43.2 Å². The van der Waals surface area contributed by atoms with Gasteiger partial charge in [-0.05, 0) is 69.9 Å². The van der Waals surface area contributed by atoms with Gasteiger partial charge in [-0.15, -0.1) is 0 Å². The highest BCUT2D eigenvalue weighted by Gasteiger charge is 2.46. The Labute approximate surface area is 203 Å². The van der Waals surface area contributed by atoms with Crippen molar-refractivity contribution in [2.75, 3.05) is 40.9 Å². The lowest BCUT2D eigenvalue weighted by Crippen LogP contribution is -2.32. The minimum absolute atomic E-state index is 0.0262. The Morgan fingerprint density at radius 1 is 1.15 bits per heavy atom. The van der Waals surface area contributed by atoms with Gasteiger partial charge in [0.05, 0.1) is 30.9 Å². The van der Waals surface area contributed by atoms with E-state index in [1.165, 1.54) is 30.2 Å². The number of ether oxygens (including phenoxy) is 2. The molecular weight excluding hydrogens is 460 g/mol. The number of aliphatic hydroxyl groups is 1. The molecule has 9 heteroatoms. The van der Waals surface area contributed by atoms with E-state index < -0.39 is 23.5 Å². The number of hydrogen-bond donors (Lipinski definition) is 2. The van der Waals surface area contributed by atoms with Gasteiger partial charge in [-0.2, -0.15) is 0 Å². The third-order valence-corrected chi connectivity index (χ3v) is 5.80. The number of phenolic OH excluding ortho intramolecular Hbond substituents is 1. The van der Waals surface area contributed by atoms with E-state index in [4.69, 9.17) is 21.1 Å². The van der Waals surface area contributed by atoms with Gasteiger partial charge in [0.2, 0.25) is 0 Å². The van der Waals surface area contributed by atoms with Crippen LogP contribution in [0.25, 0.3) is 5.76 Å². The number of hydrogen-bond acceptors (Lipinski definition) is 7. The molecule has 182 valence electrons. The fourth-order valence-corrected chi connectivity index (χ4v) is 4.16. The average molecular weight is 489 g/mol. The van der Waals surface area contributed by atoms with Crippen LogP contribution in [0.15, 0.2) is 42.0 Å². The number of aromatic hydroxyl groups is 1. The molecule has 2 aromatic carbocycles. The molecule has 0 saturated carbocycles. The average Bonchev–Trinajstić information content (AvgIpc) is 3.05. The Balaban J connectivity index is 2.18. The molecular formula is C25H29ClN2O6. The number of phenols is 1. The smallest absolute Gasteiger partial charge is 0.295 e. The highest BCUT2D eigenvalue weighted by atomic mass is 35.5. The quantitative estimate of drug-likeness (QED) is 0.314. The fourth-order valence-electron chi connectivity index (χ4n) is 3.99. The second-order valence-electron chi connectivity index (χ2n) is 8.15. The molecule has 1 fully saturated rings. The number of aliphatic hydroxyl groups excluding tert-OH is 1. The van der Waals surface area contributed by atoms with E-state index in [1.54, 1.807) is 18.2 Å². The molecule has 1 saturated heterocycles. The summed E-state index contributed by atoms with van der Waals surface area (Å²) < 4.78 is 11.1. The molecule has 0 bridgehead atoms. The Morgan fingerprint density at radius 2 is 1.88 bits per heavy atom. The zero-order valence-corrected chi connectivity index (χ0v) is 20.4. The molecule has 34 heavy (non-hydrogen) atoms. The second kappa shape index (κ2) is 10.8. The van der Waals surface area contributed by atoms with E-state index in [0.717, 1.165) is 0 Å². The van der Waals surface area contributed by atoms with Crippen LogP contribution in [0.4, 0.5) is 0 Å². The van der Waals surface area contributed by atoms with E-state index in [9.17, 15) is 19.8 Å². The molecule has 1 amide bonds. The molecule has 0 spiro atoms. The first kappa shape index (κ1) is 25.4. The van der Waals surface area contributed by atoms with Crippen molar-refractivity contribution < 1.29 is 29.3 Å². The van der Waals surface area contributed by atoms with E-state index in [1.807, 2.05) is 25.9 Å².